The van der Waals surface area contributed by atoms with E-state index >= 15 is 0 Å². The summed E-state index contributed by atoms with van der Waals surface area (Å²) in [6, 6.07) is 8.55. The Balaban J connectivity index is 1.57. The number of aromatic hydroxyl groups is 1. The van der Waals surface area contributed by atoms with Crippen molar-refractivity contribution in [2.75, 3.05) is 38.4 Å². The summed E-state index contributed by atoms with van der Waals surface area (Å²) in [7, 11) is 6.76. The summed E-state index contributed by atoms with van der Waals surface area (Å²) in [5, 5.41) is 26.7. The first-order valence-electron chi connectivity index (χ1n) is 15.3. The summed E-state index contributed by atoms with van der Waals surface area (Å²) >= 11 is 1.72. The lowest BCUT2D eigenvalue weighted by molar-refractivity contribution is -0.181. The van der Waals surface area contributed by atoms with Gasteiger partial charge in [-0.15, -0.1) is 11.8 Å². The number of benzene rings is 2. The Morgan fingerprint density at radius 3 is 2.33 bits per heavy atom. The zero-order valence-electron chi connectivity index (χ0n) is 27.2. The molecule has 0 heterocycles. The highest BCUT2D eigenvalue weighted by molar-refractivity contribution is 8.00. The fourth-order valence-electron chi connectivity index (χ4n) is 7.46. The summed E-state index contributed by atoms with van der Waals surface area (Å²) < 4.78 is -0.0300. The molecule has 0 bridgehead atoms. The molecule has 11 nitrogen and oxygen atoms in total. The average molecular weight is 651 g/mol. The van der Waals surface area contributed by atoms with Crippen LogP contribution in [0, 0.1) is 23.7 Å². The summed E-state index contributed by atoms with van der Waals surface area (Å²) in [6.07, 6.45) is 0.192. The molecule has 5 rings (SSSR count). The zero-order chi connectivity index (χ0) is 34.0. The van der Waals surface area contributed by atoms with Gasteiger partial charge in [-0.2, -0.15) is 0 Å². The number of Topliss-reactive ketones (excluding diaryl/α,β-unsaturated/α-hetero) is 4. The quantitative estimate of drug-likeness (QED) is 0.197. The second-order valence-corrected chi connectivity index (χ2v) is 15.9. The van der Waals surface area contributed by atoms with Crippen LogP contribution in [0.1, 0.15) is 48.7 Å². The second kappa shape index (κ2) is 11.8. The van der Waals surface area contributed by atoms with E-state index in [-0.39, 0.29) is 28.9 Å². The van der Waals surface area contributed by atoms with E-state index < -0.39 is 64.4 Å². The van der Waals surface area contributed by atoms with Gasteiger partial charge in [0.05, 0.1) is 23.2 Å². The normalized spacial score (nSPS) is 27.6. The van der Waals surface area contributed by atoms with Gasteiger partial charge in [0.25, 0.3) is 0 Å². The van der Waals surface area contributed by atoms with Crippen molar-refractivity contribution >= 4 is 52.2 Å². The lowest BCUT2D eigenvalue weighted by Gasteiger charge is -2.52. The number of hydrogen-bond acceptors (Lipinski definition) is 11. The number of nitrogens with one attached hydrogen (secondary N) is 1. The standard InChI is InChI=1S/C34H42N4O7S/c1-33(2,3)46-22-11-9-8-10-16(22)15-36-20-14-21(37(4)5)18-12-17-13-19-26(38(6)7)29(41)25(32(35)44)31(43)34(19,45)30(42)23(17)28(40)24(18)27(20)39/h8-11,14,17,19,23,25-26,36,39,45H,12-13,15H2,1-7H3,(H2,35,44). The van der Waals surface area contributed by atoms with Crippen molar-refractivity contribution in [2.24, 2.45) is 29.4 Å². The van der Waals surface area contributed by atoms with E-state index in [1.165, 1.54) is 4.90 Å². The monoisotopic (exact) mass is 650 g/mol. The van der Waals surface area contributed by atoms with Gasteiger partial charge in [-0.1, -0.05) is 39.0 Å². The van der Waals surface area contributed by atoms with Gasteiger partial charge in [0, 0.05) is 41.9 Å². The summed E-state index contributed by atoms with van der Waals surface area (Å²) in [5.74, 6) is -10.7. The number of likely N-dealkylation sites (N-methyl/N-ethyl adjacent to an activating group) is 1. The predicted octanol–water partition coefficient (Wildman–Crippen LogP) is 2.44. The topological polar surface area (TPSA) is 170 Å². The minimum absolute atomic E-state index is 0.000243. The molecule has 46 heavy (non-hydrogen) atoms. The minimum Gasteiger partial charge on any atom is -0.505 e. The Morgan fingerprint density at radius 1 is 1.09 bits per heavy atom. The molecule has 6 atom stereocenters. The first-order chi connectivity index (χ1) is 21.4. The summed E-state index contributed by atoms with van der Waals surface area (Å²) in [5.41, 5.74) is 5.12. The second-order valence-electron chi connectivity index (χ2n) is 14.0. The number of primary amides is 1. The third kappa shape index (κ3) is 5.39. The average Bonchev–Trinajstić information content (AvgIpc) is 2.94. The Morgan fingerprint density at radius 2 is 1.74 bits per heavy atom. The van der Waals surface area contributed by atoms with Gasteiger partial charge >= 0.3 is 0 Å². The molecule has 5 N–H and O–H groups in total. The molecule has 246 valence electrons. The van der Waals surface area contributed by atoms with Crippen LogP contribution in [0.25, 0.3) is 0 Å². The van der Waals surface area contributed by atoms with Crippen molar-refractivity contribution < 1.29 is 34.2 Å². The molecule has 3 aliphatic carbocycles. The minimum atomic E-state index is -2.76. The predicted molar refractivity (Wildman–Crippen MR) is 175 cm³/mol. The van der Waals surface area contributed by atoms with Gasteiger partial charge in [-0.3, -0.25) is 28.9 Å². The number of aliphatic hydroxyl groups is 1. The number of carbonyl (C=O) groups is 5. The van der Waals surface area contributed by atoms with E-state index in [2.05, 4.69) is 26.1 Å². The van der Waals surface area contributed by atoms with Crippen molar-refractivity contribution in [2.45, 2.75) is 61.4 Å². The number of ketones is 4. The fourth-order valence-corrected chi connectivity index (χ4v) is 8.53. The molecule has 0 saturated heterocycles. The van der Waals surface area contributed by atoms with Gasteiger partial charge in [-0.05, 0) is 56.1 Å². The Bertz CT molecular complexity index is 1650. The summed E-state index contributed by atoms with van der Waals surface area (Å²) in [4.78, 5) is 72.0. The smallest absolute Gasteiger partial charge is 0.235 e. The molecular formula is C34H42N4O7S. The number of phenols is 1. The summed E-state index contributed by atoms with van der Waals surface area (Å²) in [6.45, 7) is 6.72. The molecule has 12 heteroatoms. The van der Waals surface area contributed by atoms with Gasteiger partial charge in [0.2, 0.25) is 5.91 Å². The lowest BCUT2D eigenvalue weighted by Crippen LogP contribution is -2.74. The van der Waals surface area contributed by atoms with Gasteiger partial charge < -0.3 is 26.2 Å². The molecule has 0 spiro atoms. The first-order valence-corrected chi connectivity index (χ1v) is 16.1. The third-order valence-corrected chi connectivity index (χ3v) is 10.6. The Hall–Kier alpha value is -3.74. The molecule has 6 unspecified atom stereocenters. The SMILES string of the molecule is CN(C)c1cc(NCc2ccccc2SC(C)(C)C)c(O)c2c1CC1CC3C(N(C)C)C(=O)C(C(N)=O)C(=O)C3(O)C(=O)C1C2=O. The van der Waals surface area contributed by atoms with Crippen molar-refractivity contribution in [3.8, 4) is 5.75 Å². The molecular weight excluding hydrogens is 608 g/mol. The largest absolute Gasteiger partial charge is 0.505 e. The number of fused-ring (bicyclic) bond motifs is 3. The number of anilines is 2. The van der Waals surface area contributed by atoms with Crippen LogP contribution in [0.2, 0.25) is 0 Å². The number of nitrogens with two attached hydrogens (primary N) is 1. The van der Waals surface area contributed by atoms with Crippen molar-refractivity contribution in [1.82, 2.24) is 4.90 Å². The highest BCUT2D eigenvalue weighted by Gasteiger charge is 2.69. The maximum Gasteiger partial charge on any atom is 0.235 e. The lowest BCUT2D eigenvalue weighted by atomic mass is 9.52. The number of amides is 1. The molecule has 3 aliphatic rings. The maximum absolute atomic E-state index is 14.3. The van der Waals surface area contributed by atoms with Crippen molar-refractivity contribution in [3.63, 3.8) is 0 Å². The maximum atomic E-state index is 14.3. The number of hydrogen-bond donors (Lipinski definition) is 4. The van der Waals surface area contributed by atoms with Gasteiger partial charge in [0.15, 0.2) is 34.7 Å². The van der Waals surface area contributed by atoms with Crippen LogP contribution in [0.5, 0.6) is 5.75 Å². The molecule has 2 aromatic carbocycles. The van der Waals surface area contributed by atoms with Gasteiger partial charge in [-0.25, -0.2) is 0 Å². The number of nitrogens with zero attached hydrogens (tertiary/aromatic N) is 2. The Labute approximate surface area is 272 Å². The zero-order valence-corrected chi connectivity index (χ0v) is 28.0. The van der Waals surface area contributed by atoms with Crippen LogP contribution in [0.3, 0.4) is 0 Å². The fraction of sp³-hybridized carbons (Fsp3) is 0.500. The van der Waals surface area contributed by atoms with E-state index in [9.17, 15) is 34.2 Å². The van der Waals surface area contributed by atoms with Crippen LogP contribution in [0.15, 0.2) is 35.2 Å². The van der Waals surface area contributed by atoms with Crippen molar-refractivity contribution in [1.29, 1.82) is 0 Å². The van der Waals surface area contributed by atoms with E-state index in [4.69, 9.17) is 5.73 Å². The molecule has 0 aliphatic heterocycles. The number of phenolic OH excluding ortho intramolecular Hbond substituents is 1. The number of rotatable bonds is 7. The molecule has 0 aromatic heterocycles. The van der Waals surface area contributed by atoms with Crippen LogP contribution in [-0.4, -0.2) is 88.7 Å². The molecule has 2 saturated carbocycles. The highest BCUT2D eigenvalue weighted by atomic mass is 32.2. The first kappa shape index (κ1) is 33.6. The number of carbonyl (C=O) groups excluding carboxylic acids is 5. The van der Waals surface area contributed by atoms with E-state index in [0.29, 0.717) is 23.5 Å². The van der Waals surface area contributed by atoms with Crippen LogP contribution < -0.4 is 16.0 Å². The van der Waals surface area contributed by atoms with E-state index in [0.717, 1.165) is 10.5 Å². The van der Waals surface area contributed by atoms with Crippen LogP contribution in [0.4, 0.5) is 11.4 Å². The van der Waals surface area contributed by atoms with Crippen LogP contribution in [-0.2, 0) is 32.1 Å². The highest BCUT2D eigenvalue weighted by Crippen LogP contribution is 2.53. The van der Waals surface area contributed by atoms with E-state index in [1.54, 1.807) is 31.9 Å². The molecule has 2 fully saturated rings. The van der Waals surface area contributed by atoms with Crippen LogP contribution >= 0.6 is 11.8 Å². The molecule has 1 amide bonds. The number of thioether (sulfide) groups is 1. The third-order valence-electron chi connectivity index (χ3n) is 9.38. The van der Waals surface area contributed by atoms with Gasteiger partial charge in [0.1, 0.15) is 5.75 Å². The Kier molecular flexibility index (Phi) is 8.63. The van der Waals surface area contributed by atoms with E-state index in [1.807, 2.05) is 43.3 Å². The molecule has 0 radical (unpaired) electrons. The van der Waals surface area contributed by atoms with Crippen molar-refractivity contribution in [3.05, 3.63) is 47.0 Å². The molecule has 2 aromatic rings.